The average Bonchev–Trinajstić information content (AvgIpc) is 1.62. The van der Waals surface area contributed by atoms with E-state index in [1.807, 2.05) is 20.8 Å². The first kappa shape index (κ1) is 8.43. The second kappa shape index (κ2) is 2.35. The zero-order valence-corrected chi connectivity index (χ0v) is 6.14. The molecule has 0 aromatic heterocycles. The van der Waals surface area contributed by atoms with Crippen LogP contribution in [0.2, 0.25) is 0 Å². The maximum atomic E-state index is 10.4. The predicted octanol–water partition coefficient (Wildman–Crippen LogP) is -0.155. The van der Waals surface area contributed by atoms with E-state index < -0.39 is 11.9 Å². The number of hydrogen-bond donors (Lipinski definition) is 2. The van der Waals surface area contributed by atoms with E-state index in [0.717, 1.165) is 0 Å². The number of primary amides is 1. The zero-order valence-electron chi connectivity index (χ0n) is 6.14. The Labute approximate surface area is 55.4 Å². The van der Waals surface area contributed by atoms with Crippen LogP contribution in [-0.4, -0.2) is 11.9 Å². The lowest BCUT2D eigenvalue weighted by Crippen LogP contribution is -2.46. The molecule has 0 saturated carbocycles. The van der Waals surface area contributed by atoms with Crippen LogP contribution in [0.25, 0.3) is 0 Å². The first-order valence-corrected chi connectivity index (χ1v) is 2.90. The van der Waals surface area contributed by atoms with Crippen LogP contribution in [0.15, 0.2) is 0 Å². The third-order valence-electron chi connectivity index (χ3n) is 1.24. The molecule has 0 heterocycles. The maximum absolute atomic E-state index is 10.4. The molecule has 1 atom stereocenters. The Hall–Kier alpha value is -0.570. The van der Waals surface area contributed by atoms with Crippen molar-refractivity contribution in [3.8, 4) is 0 Å². The van der Waals surface area contributed by atoms with Gasteiger partial charge in [-0.15, -0.1) is 0 Å². The van der Waals surface area contributed by atoms with E-state index in [1.165, 1.54) is 0 Å². The molecule has 0 aliphatic rings. The van der Waals surface area contributed by atoms with Gasteiger partial charge in [-0.05, 0) is 5.41 Å². The van der Waals surface area contributed by atoms with Crippen molar-refractivity contribution in [3.63, 3.8) is 0 Å². The number of rotatable bonds is 1. The summed E-state index contributed by atoms with van der Waals surface area (Å²) in [5.41, 5.74) is 10.2. The van der Waals surface area contributed by atoms with Gasteiger partial charge in [-0.3, -0.25) is 4.79 Å². The van der Waals surface area contributed by atoms with Crippen LogP contribution < -0.4 is 11.5 Å². The number of hydrogen-bond acceptors (Lipinski definition) is 2. The third-order valence-corrected chi connectivity index (χ3v) is 1.24. The summed E-state index contributed by atoms with van der Waals surface area (Å²) in [5, 5.41) is 0. The van der Waals surface area contributed by atoms with E-state index in [1.54, 1.807) is 0 Å². The van der Waals surface area contributed by atoms with E-state index in [-0.39, 0.29) is 5.41 Å². The average molecular weight is 130 g/mol. The molecule has 0 aromatic carbocycles. The second-order valence-electron chi connectivity index (χ2n) is 3.25. The van der Waals surface area contributed by atoms with Gasteiger partial charge in [0.2, 0.25) is 5.91 Å². The molecule has 0 saturated heterocycles. The quantitative estimate of drug-likeness (QED) is 0.518. The third kappa shape index (κ3) is 2.46. The van der Waals surface area contributed by atoms with E-state index in [9.17, 15) is 4.79 Å². The summed E-state index contributed by atoms with van der Waals surface area (Å²) in [5.74, 6) is -0.442. The number of carbonyl (C=O) groups excluding carboxylic acids is 1. The SMILES string of the molecule is CC(C)(C)C(N)C(N)=O. The van der Waals surface area contributed by atoms with Crippen LogP contribution in [0.3, 0.4) is 0 Å². The van der Waals surface area contributed by atoms with Gasteiger partial charge in [0.25, 0.3) is 0 Å². The summed E-state index contributed by atoms with van der Waals surface area (Å²) in [6, 6.07) is -0.544. The number of carbonyl (C=O) groups is 1. The molecule has 0 spiro atoms. The number of nitrogens with two attached hydrogens (primary N) is 2. The first-order chi connectivity index (χ1) is 3.85. The molecule has 0 aliphatic carbocycles. The van der Waals surface area contributed by atoms with Crippen molar-refractivity contribution in [3.05, 3.63) is 0 Å². The van der Waals surface area contributed by atoms with Crippen LogP contribution in [0.4, 0.5) is 0 Å². The van der Waals surface area contributed by atoms with E-state index in [4.69, 9.17) is 11.5 Å². The Balaban J connectivity index is 4.04. The summed E-state index contributed by atoms with van der Waals surface area (Å²) < 4.78 is 0. The molecule has 0 rings (SSSR count). The molecule has 9 heavy (non-hydrogen) atoms. The van der Waals surface area contributed by atoms with Crippen molar-refractivity contribution in [2.45, 2.75) is 26.8 Å². The van der Waals surface area contributed by atoms with Crippen molar-refractivity contribution in [1.29, 1.82) is 0 Å². The van der Waals surface area contributed by atoms with E-state index in [2.05, 4.69) is 0 Å². The van der Waals surface area contributed by atoms with E-state index >= 15 is 0 Å². The van der Waals surface area contributed by atoms with Crippen LogP contribution in [0, 0.1) is 5.41 Å². The summed E-state index contributed by atoms with van der Waals surface area (Å²) in [7, 11) is 0. The van der Waals surface area contributed by atoms with Crippen molar-refractivity contribution < 1.29 is 4.79 Å². The fourth-order valence-corrected chi connectivity index (χ4v) is 0.427. The van der Waals surface area contributed by atoms with E-state index in [0.29, 0.717) is 0 Å². The molecule has 0 bridgehead atoms. The highest BCUT2D eigenvalue weighted by atomic mass is 16.1. The highest BCUT2D eigenvalue weighted by Gasteiger charge is 2.24. The van der Waals surface area contributed by atoms with Gasteiger partial charge in [0.15, 0.2) is 0 Å². The minimum absolute atomic E-state index is 0.216. The first-order valence-electron chi connectivity index (χ1n) is 2.90. The van der Waals surface area contributed by atoms with Crippen LogP contribution in [0.1, 0.15) is 20.8 Å². The molecular formula is C6H14N2O. The van der Waals surface area contributed by atoms with Crippen molar-refractivity contribution in [1.82, 2.24) is 0 Å². The van der Waals surface area contributed by atoms with Gasteiger partial charge in [-0.2, -0.15) is 0 Å². The normalized spacial score (nSPS) is 15.1. The smallest absolute Gasteiger partial charge is 0.234 e. The molecule has 3 heteroatoms. The van der Waals surface area contributed by atoms with Gasteiger partial charge in [0.05, 0.1) is 6.04 Å². The van der Waals surface area contributed by atoms with Gasteiger partial charge in [0, 0.05) is 0 Å². The second-order valence-corrected chi connectivity index (χ2v) is 3.25. The molecule has 1 unspecified atom stereocenters. The molecule has 0 aliphatic heterocycles. The topological polar surface area (TPSA) is 69.1 Å². The zero-order chi connectivity index (χ0) is 7.65. The Bertz CT molecular complexity index is 115. The minimum atomic E-state index is -0.544. The van der Waals surface area contributed by atoms with Crippen molar-refractivity contribution in [2.24, 2.45) is 16.9 Å². The molecular weight excluding hydrogens is 116 g/mol. The Morgan fingerprint density at radius 3 is 1.78 bits per heavy atom. The molecule has 0 aromatic rings. The molecule has 3 nitrogen and oxygen atoms in total. The van der Waals surface area contributed by atoms with Gasteiger partial charge < -0.3 is 11.5 Å². The number of amides is 1. The summed E-state index contributed by atoms with van der Waals surface area (Å²) >= 11 is 0. The lowest BCUT2D eigenvalue weighted by atomic mass is 9.87. The molecule has 0 radical (unpaired) electrons. The van der Waals surface area contributed by atoms with Gasteiger partial charge in [-0.25, -0.2) is 0 Å². The largest absolute Gasteiger partial charge is 0.368 e. The van der Waals surface area contributed by atoms with Crippen LogP contribution in [-0.2, 0) is 4.79 Å². The summed E-state index contributed by atoms with van der Waals surface area (Å²) in [6.07, 6.45) is 0. The predicted molar refractivity (Wildman–Crippen MR) is 36.6 cm³/mol. The maximum Gasteiger partial charge on any atom is 0.234 e. The highest BCUT2D eigenvalue weighted by molar-refractivity contribution is 5.80. The standard InChI is InChI=1S/C6H14N2O/c1-6(2,3)4(7)5(8)9/h4H,7H2,1-3H3,(H2,8,9). The van der Waals surface area contributed by atoms with Crippen LogP contribution in [0.5, 0.6) is 0 Å². The molecule has 0 fully saturated rings. The monoisotopic (exact) mass is 130 g/mol. The fraction of sp³-hybridized carbons (Fsp3) is 0.833. The lowest BCUT2D eigenvalue weighted by molar-refractivity contribution is -0.121. The Morgan fingerprint density at radius 1 is 1.44 bits per heavy atom. The van der Waals surface area contributed by atoms with Gasteiger partial charge >= 0.3 is 0 Å². The van der Waals surface area contributed by atoms with Gasteiger partial charge in [0.1, 0.15) is 0 Å². The lowest BCUT2D eigenvalue weighted by Gasteiger charge is -2.23. The molecule has 54 valence electrons. The Kier molecular flexibility index (Phi) is 2.20. The summed E-state index contributed by atoms with van der Waals surface area (Å²) in [6.45, 7) is 5.63. The minimum Gasteiger partial charge on any atom is -0.368 e. The van der Waals surface area contributed by atoms with Crippen molar-refractivity contribution >= 4 is 5.91 Å². The van der Waals surface area contributed by atoms with Crippen LogP contribution >= 0.6 is 0 Å². The molecule has 1 amide bonds. The summed E-state index contributed by atoms with van der Waals surface area (Å²) in [4.78, 5) is 10.4. The Morgan fingerprint density at radius 2 is 1.78 bits per heavy atom. The van der Waals surface area contributed by atoms with Crippen molar-refractivity contribution in [2.75, 3.05) is 0 Å². The fourth-order valence-electron chi connectivity index (χ4n) is 0.427. The molecule has 4 N–H and O–H groups in total. The highest BCUT2D eigenvalue weighted by Crippen LogP contribution is 2.16. The van der Waals surface area contributed by atoms with Gasteiger partial charge in [-0.1, -0.05) is 20.8 Å².